The van der Waals surface area contributed by atoms with Crippen LogP contribution in [-0.4, -0.2) is 45.2 Å². The fraction of sp³-hybridized carbons (Fsp3) is 0.481. The van der Waals surface area contributed by atoms with Crippen molar-refractivity contribution >= 4 is 51.6 Å². The molecule has 1 aromatic carbocycles. The molecule has 9 nitrogen and oxygen atoms in total. The Morgan fingerprint density at radius 3 is 2.65 bits per heavy atom. The van der Waals surface area contributed by atoms with Crippen molar-refractivity contribution in [3.05, 3.63) is 45.3 Å². The van der Waals surface area contributed by atoms with E-state index < -0.39 is 5.97 Å². The van der Waals surface area contributed by atoms with Crippen molar-refractivity contribution < 1.29 is 9.53 Å². The fourth-order valence-corrected chi connectivity index (χ4v) is 6.47. The Balaban J connectivity index is 1.29. The summed E-state index contributed by atoms with van der Waals surface area (Å²) in [5, 5.41) is 8.06. The molecular formula is C27H29ClN6O3. The van der Waals surface area contributed by atoms with E-state index in [-0.39, 0.29) is 23.8 Å². The number of piperidine rings is 1. The van der Waals surface area contributed by atoms with E-state index in [1.165, 1.54) is 36.7 Å². The first-order valence-corrected chi connectivity index (χ1v) is 13.5. The molecule has 3 atom stereocenters. The Hall–Kier alpha value is -3.33. The highest BCUT2D eigenvalue weighted by Crippen LogP contribution is 2.40. The lowest BCUT2D eigenvalue weighted by Gasteiger charge is -2.34. The molecule has 2 bridgehead atoms. The number of hydrogen-bond acceptors (Lipinski definition) is 8. The third kappa shape index (κ3) is 3.82. The van der Waals surface area contributed by atoms with Gasteiger partial charge < -0.3 is 24.8 Å². The number of anilines is 4. The molecule has 3 unspecified atom stereocenters. The van der Waals surface area contributed by atoms with E-state index in [2.05, 4.69) is 20.5 Å². The molecule has 0 spiro atoms. The Kier molecular flexibility index (Phi) is 5.32. The number of benzene rings is 1. The van der Waals surface area contributed by atoms with E-state index in [9.17, 15) is 9.59 Å². The summed E-state index contributed by atoms with van der Waals surface area (Å²) in [5.74, 6) is 1.12. The Morgan fingerprint density at radius 2 is 1.89 bits per heavy atom. The van der Waals surface area contributed by atoms with E-state index in [1.807, 2.05) is 18.2 Å². The van der Waals surface area contributed by atoms with Crippen LogP contribution < -0.4 is 21.1 Å². The number of hydrogen-bond donors (Lipinski definition) is 2. The number of nitrogens with one attached hydrogen (secondary N) is 2. The summed E-state index contributed by atoms with van der Waals surface area (Å²) in [6.45, 7) is 0.262. The van der Waals surface area contributed by atoms with Crippen molar-refractivity contribution in [2.75, 3.05) is 22.1 Å². The lowest BCUT2D eigenvalue weighted by atomic mass is 10.0. The zero-order chi connectivity index (χ0) is 25.3. The van der Waals surface area contributed by atoms with Gasteiger partial charge >= 0.3 is 5.97 Å². The predicted molar refractivity (Wildman–Crippen MR) is 143 cm³/mol. The number of carbonyl (C=O) groups excluding carboxylic acids is 1. The van der Waals surface area contributed by atoms with Gasteiger partial charge in [-0.1, -0.05) is 11.6 Å². The van der Waals surface area contributed by atoms with Crippen LogP contribution in [0.5, 0.6) is 0 Å². The number of cyclic esters (lactones) is 1. The number of rotatable bonds is 4. The maximum Gasteiger partial charge on any atom is 0.346 e. The average molecular weight is 521 g/mol. The summed E-state index contributed by atoms with van der Waals surface area (Å²) < 4.78 is 6.99. The van der Waals surface area contributed by atoms with Crippen molar-refractivity contribution in [2.24, 2.45) is 13.0 Å². The van der Waals surface area contributed by atoms with Gasteiger partial charge in [-0.15, -0.1) is 0 Å². The van der Waals surface area contributed by atoms with Crippen LogP contribution in [0.15, 0.2) is 29.2 Å². The number of esters is 1. The second-order valence-electron chi connectivity index (χ2n) is 10.7. The highest BCUT2D eigenvalue weighted by molar-refractivity contribution is 6.33. The number of nitrogens with zero attached hydrogens (tertiary/aromatic N) is 4. The molecule has 2 aromatic heterocycles. The molecule has 3 aliphatic heterocycles. The first-order valence-electron chi connectivity index (χ1n) is 13.2. The van der Waals surface area contributed by atoms with Crippen LogP contribution in [0.25, 0.3) is 10.9 Å². The number of fused-ring (bicyclic) bond motifs is 5. The Bertz CT molecular complexity index is 1470. The third-order valence-corrected chi connectivity index (χ3v) is 8.71. The van der Waals surface area contributed by atoms with Crippen molar-refractivity contribution in [1.29, 1.82) is 0 Å². The number of carbonyl (C=O) groups is 1. The normalized spacial score (nSPS) is 24.9. The minimum Gasteiger partial charge on any atom is -0.460 e. The van der Waals surface area contributed by atoms with Crippen LogP contribution in [0.2, 0.25) is 5.02 Å². The van der Waals surface area contributed by atoms with Crippen molar-refractivity contribution in [3.8, 4) is 0 Å². The maximum absolute atomic E-state index is 13.1. The van der Waals surface area contributed by atoms with E-state index in [1.54, 1.807) is 13.2 Å². The van der Waals surface area contributed by atoms with Gasteiger partial charge in [0.25, 0.3) is 5.56 Å². The predicted octanol–water partition coefficient (Wildman–Crippen LogP) is 4.61. The molecule has 5 heterocycles. The number of ether oxygens (including phenoxy) is 1. The zero-order valence-electron chi connectivity index (χ0n) is 20.7. The van der Waals surface area contributed by atoms with Gasteiger partial charge in [-0.3, -0.25) is 4.79 Å². The molecule has 7 rings (SSSR count). The van der Waals surface area contributed by atoms with Crippen molar-refractivity contribution in [2.45, 2.75) is 63.1 Å². The lowest BCUT2D eigenvalue weighted by Crippen LogP contribution is -2.40. The molecule has 1 aliphatic carbocycles. The molecule has 10 heteroatoms. The molecule has 3 fully saturated rings. The van der Waals surface area contributed by atoms with Crippen molar-refractivity contribution in [3.63, 3.8) is 0 Å². The molecule has 192 valence electrons. The molecule has 2 saturated heterocycles. The lowest BCUT2D eigenvalue weighted by molar-refractivity contribution is 0.0491. The van der Waals surface area contributed by atoms with E-state index in [0.29, 0.717) is 40.5 Å². The van der Waals surface area contributed by atoms with Gasteiger partial charge in [0, 0.05) is 30.2 Å². The first kappa shape index (κ1) is 22.8. The standard InChI is InChI=1S/C27H29ClN6O3/c1-33-21-10-7-15(11-18(21)23-22(25(33)35)26(36)37-13-20(31-23)14-5-6-14)30-24-19(28)12-29-27(32-24)34-16-3-2-4-17(34)9-8-16/h7,10-12,14,16-17,20,31H,2-6,8-9,13H2,1H3,(H,29,30,32). The summed E-state index contributed by atoms with van der Waals surface area (Å²) in [5.41, 5.74) is 1.71. The Labute approximate surface area is 219 Å². The van der Waals surface area contributed by atoms with Gasteiger partial charge in [-0.2, -0.15) is 4.98 Å². The van der Waals surface area contributed by atoms with Gasteiger partial charge in [0.15, 0.2) is 5.82 Å². The van der Waals surface area contributed by atoms with Crippen molar-refractivity contribution in [1.82, 2.24) is 14.5 Å². The second kappa shape index (κ2) is 8.62. The number of halogens is 1. The molecule has 0 amide bonds. The number of aromatic nitrogens is 3. The molecule has 1 saturated carbocycles. The molecular weight excluding hydrogens is 492 g/mol. The van der Waals surface area contributed by atoms with Gasteiger partial charge in [0.05, 0.1) is 23.4 Å². The van der Waals surface area contributed by atoms with Gasteiger partial charge in [-0.25, -0.2) is 9.78 Å². The summed E-state index contributed by atoms with van der Waals surface area (Å²) in [7, 11) is 1.68. The van der Waals surface area contributed by atoms with Crippen LogP contribution in [0.4, 0.5) is 23.1 Å². The summed E-state index contributed by atoms with van der Waals surface area (Å²) in [6, 6.07) is 6.70. The minimum absolute atomic E-state index is 0.00380. The van der Waals surface area contributed by atoms with E-state index in [0.717, 1.165) is 29.4 Å². The SMILES string of the molecule is Cn1c(=O)c2c(c3cc(Nc4nc(N5C6CCCC5CC6)ncc4Cl)ccc31)NC(C1CC1)COC2=O. The third-order valence-electron chi connectivity index (χ3n) is 8.43. The van der Waals surface area contributed by atoms with Gasteiger partial charge in [0.2, 0.25) is 5.95 Å². The quantitative estimate of drug-likeness (QED) is 0.481. The molecule has 0 radical (unpaired) electrons. The number of aryl methyl sites for hydroxylation is 1. The minimum atomic E-state index is -0.578. The van der Waals surface area contributed by atoms with Gasteiger partial charge in [0.1, 0.15) is 17.2 Å². The van der Waals surface area contributed by atoms with E-state index >= 15 is 0 Å². The molecule has 3 aromatic rings. The van der Waals surface area contributed by atoms with Crippen LogP contribution in [-0.2, 0) is 11.8 Å². The number of pyridine rings is 1. The van der Waals surface area contributed by atoms with Crippen LogP contribution in [0.1, 0.15) is 55.3 Å². The summed E-state index contributed by atoms with van der Waals surface area (Å²) in [6.07, 6.45) is 9.83. The monoisotopic (exact) mass is 520 g/mol. The van der Waals surface area contributed by atoms with E-state index in [4.69, 9.17) is 21.3 Å². The smallest absolute Gasteiger partial charge is 0.346 e. The largest absolute Gasteiger partial charge is 0.460 e. The second-order valence-corrected chi connectivity index (χ2v) is 11.2. The summed E-state index contributed by atoms with van der Waals surface area (Å²) in [4.78, 5) is 37.7. The average Bonchev–Trinajstić information content (AvgIpc) is 3.72. The van der Waals surface area contributed by atoms with Gasteiger partial charge in [-0.05, 0) is 69.1 Å². The van der Waals surface area contributed by atoms with Crippen LogP contribution in [0.3, 0.4) is 0 Å². The van der Waals surface area contributed by atoms with Crippen LogP contribution >= 0.6 is 11.6 Å². The van der Waals surface area contributed by atoms with Crippen LogP contribution in [0, 0.1) is 5.92 Å². The summed E-state index contributed by atoms with van der Waals surface area (Å²) >= 11 is 6.53. The molecule has 4 aliphatic rings. The fourth-order valence-electron chi connectivity index (χ4n) is 6.33. The molecule has 2 N–H and O–H groups in total. The molecule has 37 heavy (non-hydrogen) atoms. The highest BCUT2D eigenvalue weighted by Gasteiger charge is 2.39. The topological polar surface area (TPSA) is 101 Å². The maximum atomic E-state index is 13.1. The first-order chi connectivity index (χ1) is 18.0. The highest BCUT2D eigenvalue weighted by atomic mass is 35.5. The zero-order valence-corrected chi connectivity index (χ0v) is 21.4. The Morgan fingerprint density at radius 1 is 1.11 bits per heavy atom.